The van der Waals surface area contributed by atoms with Crippen molar-refractivity contribution in [3.63, 3.8) is 0 Å². The molecule has 1 atom stereocenters. The van der Waals surface area contributed by atoms with Crippen LogP contribution in [-0.4, -0.2) is 17.7 Å². The van der Waals surface area contributed by atoms with Gasteiger partial charge >= 0.3 is 0 Å². The van der Waals surface area contributed by atoms with Gasteiger partial charge in [-0.05, 0) is 44.0 Å². The molecule has 5 nitrogen and oxygen atoms in total. The minimum Gasteiger partial charge on any atom is -0.493 e. The smallest absolute Gasteiger partial charge is 0.226 e. The molecule has 134 valence electrons. The summed E-state index contributed by atoms with van der Waals surface area (Å²) >= 11 is 0. The molecule has 4 rings (SSSR count). The van der Waals surface area contributed by atoms with Gasteiger partial charge in [0.1, 0.15) is 11.4 Å². The number of rotatable bonds is 3. The monoisotopic (exact) mass is 350 g/mol. The highest BCUT2D eigenvalue weighted by Crippen LogP contribution is 2.33. The Bertz CT molecular complexity index is 990. The van der Waals surface area contributed by atoms with E-state index in [1.165, 1.54) is 0 Å². The first-order valence-corrected chi connectivity index (χ1v) is 8.89. The molecule has 0 fully saturated rings. The van der Waals surface area contributed by atoms with Crippen LogP contribution >= 0.6 is 0 Å². The summed E-state index contributed by atoms with van der Waals surface area (Å²) in [6, 6.07) is 10.1. The van der Waals surface area contributed by atoms with Crippen LogP contribution in [-0.2, 0) is 11.2 Å². The number of benzene rings is 2. The van der Waals surface area contributed by atoms with Crippen molar-refractivity contribution in [2.45, 2.75) is 39.7 Å². The van der Waals surface area contributed by atoms with Crippen LogP contribution in [0.5, 0.6) is 5.75 Å². The highest BCUT2D eigenvalue weighted by atomic mass is 16.5. The first kappa shape index (κ1) is 16.6. The molecule has 1 aliphatic heterocycles. The van der Waals surface area contributed by atoms with Crippen LogP contribution in [0.15, 0.2) is 34.9 Å². The van der Waals surface area contributed by atoms with E-state index in [-0.39, 0.29) is 18.4 Å². The fraction of sp³-hybridized carbons (Fsp3) is 0.333. The number of fused-ring (bicyclic) bond motifs is 2. The predicted octanol–water partition coefficient (Wildman–Crippen LogP) is 3.94. The molecule has 2 aromatic carbocycles. The lowest BCUT2D eigenvalue weighted by Gasteiger charge is -2.27. The van der Waals surface area contributed by atoms with Crippen molar-refractivity contribution in [2.75, 3.05) is 6.61 Å². The maximum atomic E-state index is 12.7. The van der Waals surface area contributed by atoms with Crippen LogP contribution in [0.4, 0.5) is 0 Å². The van der Waals surface area contributed by atoms with E-state index >= 15 is 0 Å². The second kappa shape index (κ2) is 6.48. The molecule has 1 N–H and O–H groups in total. The van der Waals surface area contributed by atoms with E-state index < -0.39 is 0 Å². The van der Waals surface area contributed by atoms with Gasteiger partial charge in [0.05, 0.1) is 19.1 Å². The number of hydrogen-bond donors (Lipinski definition) is 1. The Morgan fingerprint density at radius 1 is 1.19 bits per heavy atom. The standard InChI is InChI=1S/C21H22N2O3/c1-12-4-5-18-15(9-12)16(6-7-25-18)22-20(24)11-17-21-14(3)8-13(2)10-19(21)26-23-17/h4-5,8-10,16H,6-7,11H2,1-3H3,(H,22,24). The van der Waals surface area contributed by atoms with Gasteiger partial charge in [0, 0.05) is 17.4 Å². The van der Waals surface area contributed by atoms with Crippen molar-refractivity contribution in [1.82, 2.24) is 10.5 Å². The van der Waals surface area contributed by atoms with Crippen molar-refractivity contribution >= 4 is 16.9 Å². The summed E-state index contributed by atoms with van der Waals surface area (Å²) in [5.74, 6) is 0.796. The number of hydrogen-bond acceptors (Lipinski definition) is 4. The first-order valence-electron chi connectivity index (χ1n) is 8.89. The highest BCUT2D eigenvalue weighted by molar-refractivity contribution is 5.88. The van der Waals surface area contributed by atoms with Crippen LogP contribution in [0, 0.1) is 20.8 Å². The summed E-state index contributed by atoms with van der Waals surface area (Å²) in [6.07, 6.45) is 0.968. The highest BCUT2D eigenvalue weighted by Gasteiger charge is 2.24. The number of amides is 1. The summed E-state index contributed by atoms with van der Waals surface area (Å²) in [6.45, 7) is 6.68. The molecule has 5 heteroatoms. The van der Waals surface area contributed by atoms with Gasteiger partial charge in [0.2, 0.25) is 5.91 Å². The summed E-state index contributed by atoms with van der Waals surface area (Å²) in [5, 5.41) is 8.20. The zero-order valence-corrected chi connectivity index (χ0v) is 15.3. The molecule has 3 aromatic rings. The second-order valence-corrected chi connectivity index (χ2v) is 7.06. The zero-order valence-electron chi connectivity index (χ0n) is 15.3. The number of aryl methyl sites for hydroxylation is 3. The molecular formula is C21H22N2O3. The lowest BCUT2D eigenvalue weighted by atomic mass is 9.98. The molecule has 1 aliphatic rings. The fourth-order valence-electron chi connectivity index (χ4n) is 3.70. The van der Waals surface area contributed by atoms with Crippen LogP contribution in [0.25, 0.3) is 11.0 Å². The van der Waals surface area contributed by atoms with Crippen molar-refractivity contribution < 1.29 is 14.1 Å². The Hall–Kier alpha value is -2.82. The Kier molecular flexibility index (Phi) is 4.15. The zero-order chi connectivity index (χ0) is 18.3. The Balaban J connectivity index is 1.55. The number of ether oxygens (including phenoxy) is 1. The van der Waals surface area contributed by atoms with Gasteiger partial charge in [0.25, 0.3) is 0 Å². The Morgan fingerprint density at radius 3 is 2.88 bits per heavy atom. The molecule has 0 radical (unpaired) electrons. The minimum absolute atomic E-state index is 0.0346. The van der Waals surface area contributed by atoms with Gasteiger partial charge in [-0.3, -0.25) is 4.79 Å². The van der Waals surface area contributed by atoms with E-state index in [0.29, 0.717) is 12.3 Å². The first-order chi connectivity index (χ1) is 12.5. The number of aromatic nitrogens is 1. The van der Waals surface area contributed by atoms with Crippen LogP contribution in [0.3, 0.4) is 0 Å². The van der Waals surface area contributed by atoms with E-state index in [4.69, 9.17) is 9.26 Å². The summed E-state index contributed by atoms with van der Waals surface area (Å²) in [5.41, 5.74) is 5.82. The van der Waals surface area contributed by atoms with Crippen LogP contribution in [0.1, 0.15) is 40.4 Å². The maximum Gasteiger partial charge on any atom is 0.226 e. The average molecular weight is 350 g/mol. The van der Waals surface area contributed by atoms with Crippen molar-refractivity contribution in [3.8, 4) is 5.75 Å². The SMILES string of the molecule is Cc1ccc2c(c1)C(NC(=O)Cc1noc3cc(C)cc(C)c13)CCO2. The van der Waals surface area contributed by atoms with Gasteiger partial charge in [0.15, 0.2) is 5.58 Å². The number of nitrogens with zero attached hydrogens (tertiary/aromatic N) is 1. The maximum absolute atomic E-state index is 12.7. The third-order valence-electron chi connectivity index (χ3n) is 4.85. The molecule has 0 bridgehead atoms. The molecule has 0 saturated carbocycles. The van der Waals surface area contributed by atoms with Gasteiger partial charge in [-0.15, -0.1) is 0 Å². The fourth-order valence-corrected chi connectivity index (χ4v) is 3.70. The van der Waals surface area contributed by atoms with Gasteiger partial charge in [-0.2, -0.15) is 0 Å². The van der Waals surface area contributed by atoms with E-state index in [1.807, 2.05) is 39.0 Å². The second-order valence-electron chi connectivity index (χ2n) is 7.06. The van der Waals surface area contributed by atoms with E-state index in [1.54, 1.807) is 0 Å². The third kappa shape index (κ3) is 3.05. The molecule has 1 unspecified atom stereocenters. The topological polar surface area (TPSA) is 64.4 Å². The van der Waals surface area contributed by atoms with Crippen molar-refractivity contribution in [2.24, 2.45) is 0 Å². The molecular weight excluding hydrogens is 328 g/mol. The average Bonchev–Trinajstić information content (AvgIpc) is 2.98. The quantitative estimate of drug-likeness (QED) is 0.777. The molecule has 26 heavy (non-hydrogen) atoms. The molecule has 1 aromatic heterocycles. The number of nitrogens with one attached hydrogen (secondary N) is 1. The summed E-state index contributed by atoms with van der Waals surface area (Å²) < 4.78 is 11.1. The summed E-state index contributed by atoms with van der Waals surface area (Å²) in [4.78, 5) is 12.7. The number of carbonyl (C=O) groups excluding carboxylic acids is 1. The largest absolute Gasteiger partial charge is 0.493 e. The molecule has 0 saturated heterocycles. The molecule has 2 heterocycles. The van der Waals surface area contributed by atoms with Gasteiger partial charge in [-0.25, -0.2) is 0 Å². The van der Waals surface area contributed by atoms with E-state index in [0.717, 1.165) is 45.4 Å². The Labute approximate surface area is 152 Å². The molecule has 1 amide bonds. The number of carbonyl (C=O) groups is 1. The van der Waals surface area contributed by atoms with Gasteiger partial charge < -0.3 is 14.6 Å². The van der Waals surface area contributed by atoms with E-state index in [9.17, 15) is 4.79 Å². The third-order valence-corrected chi connectivity index (χ3v) is 4.85. The lowest BCUT2D eigenvalue weighted by Crippen LogP contribution is -2.33. The van der Waals surface area contributed by atoms with Crippen LogP contribution in [0.2, 0.25) is 0 Å². The lowest BCUT2D eigenvalue weighted by molar-refractivity contribution is -0.121. The minimum atomic E-state index is -0.0560. The van der Waals surface area contributed by atoms with Gasteiger partial charge in [-0.1, -0.05) is 28.9 Å². The summed E-state index contributed by atoms with van der Waals surface area (Å²) in [7, 11) is 0. The van der Waals surface area contributed by atoms with Crippen molar-refractivity contribution in [1.29, 1.82) is 0 Å². The predicted molar refractivity (Wildman–Crippen MR) is 99.4 cm³/mol. The van der Waals surface area contributed by atoms with Crippen molar-refractivity contribution in [3.05, 3.63) is 58.3 Å². The van der Waals surface area contributed by atoms with E-state index in [2.05, 4.69) is 22.6 Å². The Morgan fingerprint density at radius 2 is 2.04 bits per heavy atom. The molecule has 0 aliphatic carbocycles. The molecule has 0 spiro atoms. The normalized spacial score (nSPS) is 16.2. The van der Waals surface area contributed by atoms with Crippen LogP contribution < -0.4 is 10.1 Å².